The van der Waals surface area contributed by atoms with Gasteiger partial charge in [0.2, 0.25) is 27.3 Å². The summed E-state index contributed by atoms with van der Waals surface area (Å²) < 4.78 is 40.6. The van der Waals surface area contributed by atoms with Crippen LogP contribution in [0.1, 0.15) is 12.5 Å². The lowest BCUT2D eigenvalue weighted by molar-refractivity contribution is -0.132. The molecule has 1 aliphatic rings. The first-order chi connectivity index (χ1) is 10.6. The summed E-state index contributed by atoms with van der Waals surface area (Å²) in [7, 11) is -0.922. The van der Waals surface area contributed by atoms with E-state index in [1.54, 1.807) is 18.2 Å². The summed E-state index contributed by atoms with van der Waals surface area (Å²) in [6, 6.07) is 4.85. The lowest BCUT2D eigenvalue weighted by atomic mass is 9.90. The molecule has 2 N–H and O–H groups in total. The molecular formula is C14H17NO7S. The van der Waals surface area contributed by atoms with Gasteiger partial charge in [-0.05, 0) is 19.1 Å². The van der Waals surface area contributed by atoms with Gasteiger partial charge in [-0.15, -0.1) is 0 Å². The molecule has 1 aromatic carbocycles. The van der Waals surface area contributed by atoms with Crippen LogP contribution in [0.2, 0.25) is 0 Å². The molecule has 0 spiro atoms. The third-order valence-electron chi connectivity index (χ3n) is 3.35. The normalized spacial score (nSPS) is 21.1. The van der Waals surface area contributed by atoms with Gasteiger partial charge in [-0.2, -0.15) is 0 Å². The van der Waals surface area contributed by atoms with Crippen molar-refractivity contribution in [2.75, 3.05) is 20.5 Å². The molecule has 0 aromatic heterocycles. The van der Waals surface area contributed by atoms with E-state index in [0.29, 0.717) is 11.5 Å². The quantitative estimate of drug-likeness (QED) is 0.813. The number of ketones is 1. The second-order valence-corrected chi connectivity index (χ2v) is 6.80. The molecule has 9 heteroatoms. The van der Waals surface area contributed by atoms with Gasteiger partial charge < -0.3 is 19.3 Å². The Labute approximate surface area is 133 Å². The molecule has 1 heterocycles. The summed E-state index contributed by atoms with van der Waals surface area (Å²) in [5.74, 6) is -1.56. The van der Waals surface area contributed by atoms with Crippen molar-refractivity contribution in [3.63, 3.8) is 0 Å². The number of aliphatic hydroxyl groups is 1. The molecule has 0 saturated carbocycles. The van der Waals surface area contributed by atoms with Gasteiger partial charge in [0.15, 0.2) is 0 Å². The third-order valence-corrected chi connectivity index (χ3v) is 3.91. The van der Waals surface area contributed by atoms with E-state index in [9.17, 15) is 18.3 Å². The number of nitrogens with one attached hydrogen (secondary N) is 1. The molecule has 0 amide bonds. The summed E-state index contributed by atoms with van der Waals surface area (Å²) in [4.78, 5) is 12.5. The predicted octanol–water partition coefficient (Wildman–Crippen LogP) is 0.795. The second-order valence-electron chi connectivity index (χ2n) is 5.05. The Morgan fingerprint density at radius 1 is 1.22 bits per heavy atom. The molecule has 0 fully saturated rings. The fraction of sp³-hybridized carbons (Fsp3) is 0.357. The molecule has 126 valence electrons. The number of hydrogen-bond donors (Lipinski definition) is 2. The van der Waals surface area contributed by atoms with Crippen molar-refractivity contribution < 1.29 is 32.5 Å². The number of aliphatic hydroxyl groups excluding tert-OH is 1. The Morgan fingerprint density at radius 3 is 2.17 bits per heavy atom. The number of rotatable bonds is 5. The molecule has 0 aliphatic carbocycles. The van der Waals surface area contributed by atoms with Gasteiger partial charge in [0.05, 0.1) is 26.0 Å². The average molecular weight is 343 g/mol. The van der Waals surface area contributed by atoms with Gasteiger partial charge in [0, 0.05) is 0 Å². The Morgan fingerprint density at radius 2 is 1.74 bits per heavy atom. The summed E-state index contributed by atoms with van der Waals surface area (Å²) in [6.45, 7) is 1.39. The predicted molar refractivity (Wildman–Crippen MR) is 80.6 cm³/mol. The van der Waals surface area contributed by atoms with Crippen LogP contribution in [0.5, 0.6) is 11.5 Å². The molecular weight excluding hydrogens is 326 g/mol. The lowest BCUT2D eigenvalue weighted by Gasteiger charge is -2.27. The monoisotopic (exact) mass is 343 g/mol. The highest BCUT2D eigenvalue weighted by Gasteiger charge is 2.51. The zero-order valence-corrected chi connectivity index (χ0v) is 13.9. The molecule has 1 aliphatic heterocycles. The van der Waals surface area contributed by atoms with Crippen molar-refractivity contribution >= 4 is 15.8 Å². The third kappa shape index (κ3) is 2.91. The smallest absolute Gasteiger partial charge is 0.250 e. The van der Waals surface area contributed by atoms with Crippen LogP contribution in [-0.2, 0) is 25.2 Å². The summed E-state index contributed by atoms with van der Waals surface area (Å²) in [5, 5.41) is 9.94. The number of Topliss-reactive ketones (excluding diaryl/α,β-unsaturated/α-hetero) is 1. The number of carbonyl (C=O) groups excluding carboxylic acids is 1. The lowest BCUT2D eigenvalue weighted by Crippen LogP contribution is -2.33. The second kappa shape index (κ2) is 5.65. The van der Waals surface area contributed by atoms with Crippen LogP contribution in [0, 0.1) is 0 Å². The highest BCUT2D eigenvalue weighted by molar-refractivity contribution is 7.88. The van der Waals surface area contributed by atoms with E-state index in [2.05, 4.69) is 0 Å². The van der Waals surface area contributed by atoms with E-state index in [4.69, 9.17) is 14.2 Å². The van der Waals surface area contributed by atoms with Gasteiger partial charge in [-0.25, -0.2) is 8.42 Å². The van der Waals surface area contributed by atoms with Gasteiger partial charge in [0.25, 0.3) is 5.78 Å². The van der Waals surface area contributed by atoms with E-state index < -0.39 is 33.0 Å². The maximum Gasteiger partial charge on any atom is 0.250 e. The molecule has 1 atom stereocenters. The average Bonchev–Trinajstić information content (AvgIpc) is 2.69. The number of benzene rings is 1. The van der Waals surface area contributed by atoms with Gasteiger partial charge in [0.1, 0.15) is 11.5 Å². The van der Waals surface area contributed by atoms with Gasteiger partial charge in [-0.1, -0.05) is 6.07 Å². The van der Waals surface area contributed by atoms with Crippen LogP contribution in [0.15, 0.2) is 29.8 Å². The van der Waals surface area contributed by atoms with E-state index in [0.717, 1.165) is 6.26 Å². The van der Waals surface area contributed by atoms with Crippen LogP contribution in [0.25, 0.3) is 0 Å². The number of ether oxygens (including phenoxy) is 3. The number of sulfonamides is 1. The maximum absolute atomic E-state index is 12.5. The van der Waals surface area contributed by atoms with Crippen molar-refractivity contribution in [1.82, 2.24) is 4.72 Å². The Bertz CT molecular complexity index is 762. The van der Waals surface area contributed by atoms with Crippen LogP contribution < -0.4 is 14.2 Å². The minimum absolute atomic E-state index is 0.242. The minimum atomic E-state index is -3.74. The summed E-state index contributed by atoms with van der Waals surface area (Å²) in [6.07, 6.45) is 0.875. The highest BCUT2D eigenvalue weighted by atomic mass is 32.2. The first kappa shape index (κ1) is 16.9. The van der Waals surface area contributed by atoms with Crippen LogP contribution in [0.4, 0.5) is 0 Å². The van der Waals surface area contributed by atoms with Crippen LogP contribution in [0.3, 0.4) is 0 Å². The first-order valence-corrected chi connectivity index (χ1v) is 8.39. The number of hydrogen-bond acceptors (Lipinski definition) is 7. The van der Waals surface area contributed by atoms with E-state index in [1.807, 2.05) is 4.72 Å². The highest BCUT2D eigenvalue weighted by Crippen LogP contribution is 2.45. The van der Waals surface area contributed by atoms with E-state index >= 15 is 0 Å². The van der Waals surface area contributed by atoms with E-state index in [1.165, 1.54) is 21.1 Å². The maximum atomic E-state index is 12.5. The van der Waals surface area contributed by atoms with Crippen molar-refractivity contribution in [2.45, 2.75) is 12.5 Å². The van der Waals surface area contributed by atoms with Crippen molar-refractivity contribution in [3.8, 4) is 11.5 Å². The van der Waals surface area contributed by atoms with Crippen molar-refractivity contribution in [1.29, 1.82) is 0 Å². The van der Waals surface area contributed by atoms with Crippen LogP contribution >= 0.6 is 0 Å². The topological polar surface area (TPSA) is 111 Å². The largest absolute Gasteiger partial charge is 0.501 e. The Kier molecular flexibility index (Phi) is 4.16. The zero-order valence-electron chi connectivity index (χ0n) is 13.0. The molecule has 0 bridgehead atoms. The van der Waals surface area contributed by atoms with E-state index in [-0.39, 0.29) is 5.56 Å². The summed E-state index contributed by atoms with van der Waals surface area (Å²) in [5.41, 5.74) is -1.46. The molecule has 1 aromatic rings. The Balaban J connectivity index is 2.56. The zero-order chi connectivity index (χ0) is 17.4. The summed E-state index contributed by atoms with van der Waals surface area (Å²) >= 11 is 0. The van der Waals surface area contributed by atoms with Gasteiger partial charge in [-0.3, -0.25) is 9.52 Å². The van der Waals surface area contributed by atoms with Gasteiger partial charge >= 0.3 is 0 Å². The van der Waals surface area contributed by atoms with Crippen molar-refractivity contribution in [2.24, 2.45) is 0 Å². The molecule has 2 rings (SSSR count). The number of carbonyl (C=O) groups is 1. The fourth-order valence-corrected chi connectivity index (χ4v) is 2.83. The first-order valence-electron chi connectivity index (χ1n) is 6.50. The standard InChI is InChI=1S/C14H17NO7S/c1-14(10-8(20-2)6-5-7-9(10)21-3)12(17)11(16)13(22-14)15-23(4,18)19/h5-7,15-16H,1-4H3. The Hall–Kier alpha value is -2.42. The molecule has 8 nitrogen and oxygen atoms in total. The fourth-order valence-electron chi connectivity index (χ4n) is 2.35. The SMILES string of the molecule is COc1cccc(OC)c1C1(C)OC(NS(C)(=O)=O)=C(O)C1=O. The molecule has 23 heavy (non-hydrogen) atoms. The minimum Gasteiger partial charge on any atom is -0.501 e. The van der Waals surface area contributed by atoms with Crippen molar-refractivity contribution in [3.05, 3.63) is 35.4 Å². The van der Waals surface area contributed by atoms with Crippen LogP contribution in [-0.4, -0.2) is 39.8 Å². The molecule has 0 saturated heterocycles. The molecule has 0 radical (unpaired) electrons. The molecule has 1 unspecified atom stereocenters. The number of methoxy groups -OCH3 is 2.